The Morgan fingerprint density at radius 3 is 2.43 bits per heavy atom. The first-order valence-corrected chi connectivity index (χ1v) is 7.59. The van der Waals surface area contributed by atoms with Crippen LogP contribution in [0.15, 0.2) is 41.4 Å². The van der Waals surface area contributed by atoms with Gasteiger partial charge >= 0.3 is 0 Å². The van der Waals surface area contributed by atoms with Crippen LogP contribution in [0.5, 0.6) is 0 Å². The van der Waals surface area contributed by atoms with Crippen LogP contribution in [-0.2, 0) is 10.0 Å². The maximum Gasteiger partial charge on any atom is 0.265 e. The van der Waals surface area contributed by atoms with Gasteiger partial charge in [-0.05, 0) is 31.2 Å². The maximum atomic E-state index is 13.5. The number of rotatable bonds is 5. The molecule has 2 rings (SSSR count). The Hall–Kier alpha value is -2.22. The summed E-state index contributed by atoms with van der Waals surface area (Å²) >= 11 is 0. The molecule has 0 aliphatic heterocycles. The van der Waals surface area contributed by atoms with Gasteiger partial charge in [-0.3, -0.25) is 4.72 Å². The lowest BCUT2D eigenvalue weighted by Crippen LogP contribution is -2.17. The minimum Gasteiger partial charge on any atom is -0.369 e. The van der Waals surface area contributed by atoms with Crippen LogP contribution in [0.4, 0.5) is 20.3 Å². The zero-order valence-corrected chi connectivity index (χ0v) is 11.9. The van der Waals surface area contributed by atoms with Gasteiger partial charge in [0.15, 0.2) is 0 Å². The van der Waals surface area contributed by atoms with E-state index in [2.05, 4.69) is 10.3 Å². The smallest absolute Gasteiger partial charge is 0.265 e. The first-order valence-electron chi connectivity index (χ1n) is 6.11. The van der Waals surface area contributed by atoms with Gasteiger partial charge in [0, 0.05) is 12.7 Å². The minimum absolute atomic E-state index is 0.115. The highest BCUT2D eigenvalue weighted by Gasteiger charge is 2.22. The molecule has 0 unspecified atom stereocenters. The maximum absolute atomic E-state index is 13.5. The normalized spacial score (nSPS) is 11.2. The lowest BCUT2D eigenvalue weighted by atomic mass is 10.3. The number of hydrogen-bond acceptors (Lipinski definition) is 4. The van der Waals surface area contributed by atoms with Crippen LogP contribution in [-0.4, -0.2) is 19.9 Å². The second kappa shape index (κ2) is 6.04. The molecule has 1 aromatic heterocycles. The van der Waals surface area contributed by atoms with Crippen molar-refractivity contribution in [2.24, 2.45) is 0 Å². The van der Waals surface area contributed by atoms with Crippen LogP contribution >= 0.6 is 0 Å². The molecule has 0 spiro atoms. The highest BCUT2D eigenvalue weighted by Crippen LogP contribution is 2.25. The highest BCUT2D eigenvalue weighted by atomic mass is 32.2. The van der Waals surface area contributed by atoms with E-state index in [1.807, 2.05) is 4.72 Å². The average Bonchev–Trinajstić information content (AvgIpc) is 2.44. The van der Waals surface area contributed by atoms with Gasteiger partial charge in [0.25, 0.3) is 10.0 Å². The Morgan fingerprint density at radius 2 is 1.81 bits per heavy atom. The van der Waals surface area contributed by atoms with E-state index in [1.165, 1.54) is 18.3 Å². The van der Waals surface area contributed by atoms with Crippen molar-refractivity contribution in [2.45, 2.75) is 11.8 Å². The molecule has 21 heavy (non-hydrogen) atoms. The quantitative estimate of drug-likeness (QED) is 0.890. The monoisotopic (exact) mass is 313 g/mol. The molecule has 0 aliphatic carbocycles. The second-order valence-electron chi connectivity index (χ2n) is 4.08. The Morgan fingerprint density at radius 1 is 1.14 bits per heavy atom. The van der Waals surface area contributed by atoms with E-state index in [4.69, 9.17) is 0 Å². The predicted octanol–water partition coefficient (Wildman–Crippen LogP) is 2.59. The van der Waals surface area contributed by atoms with E-state index in [1.54, 1.807) is 6.92 Å². The molecule has 1 heterocycles. The van der Waals surface area contributed by atoms with Gasteiger partial charge in [0.05, 0.1) is 0 Å². The summed E-state index contributed by atoms with van der Waals surface area (Å²) in [4.78, 5) is 3.72. The number of para-hydroxylation sites is 1. The number of aromatic nitrogens is 1. The number of hydrogen-bond donors (Lipinski definition) is 2. The third-order valence-corrected chi connectivity index (χ3v) is 3.98. The van der Waals surface area contributed by atoms with Crippen LogP contribution in [0.3, 0.4) is 0 Å². The van der Waals surface area contributed by atoms with Crippen molar-refractivity contribution >= 4 is 21.5 Å². The summed E-state index contributed by atoms with van der Waals surface area (Å²) < 4.78 is 53.6. The zero-order valence-electron chi connectivity index (χ0n) is 11.1. The Bertz CT molecular complexity index is 731. The summed E-state index contributed by atoms with van der Waals surface area (Å²) in [5.74, 6) is -1.87. The SMILES string of the molecule is CCNc1ncccc1S(=O)(=O)Nc1c(F)cccc1F. The molecular weight excluding hydrogens is 300 g/mol. The van der Waals surface area contributed by atoms with Gasteiger partial charge in [0.2, 0.25) is 0 Å². The molecule has 0 bridgehead atoms. The lowest BCUT2D eigenvalue weighted by Gasteiger charge is -2.12. The van der Waals surface area contributed by atoms with E-state index >= 15 is 0 Å². The topological polar surface area (TPSA) is 71.1 Å². The van der Waals surface area contributed by atoms with Crippen LogP contribution in [0.2, 0.25) is 0 Å². The zero-order chi connectivity index (χ0) is 15.5. The van der Waals surface area contributed by atoms with Crippen LogP contribution < -0.4 is 10.0 Å². The van der Waals surface area contributed by atoms with Gasteiger partial charge in [-0.25, -0.2) is 22.2 Å². The van der Waals surface area contributed by atoms with Gasteiger partial charge < -0.3 is 5.32 Å². The van der Waals surface area contributed by atoms with Gasteiger partial charge in [-0.1, -0.05) is 6.07 Å². The summed E-state index contributed by atoms with van der Waals surface area (Å²) in [7, 11) is -4.17. The second-order valence-corrected chi connectivity index (χ2v) is 5.73. The van der Waals surface area contributed by atoms with Crippen molar-refractivity contribution in [1.82, 2.24) is 4.98 Å². The third kappa shape index (κ3) is 3.27. The first kappa shape index (κ1) is 15.2. The van der Waals surface area contributed by atoms with Crippen molar-refractivity contribution in [1.29, 1.82) is 0 Å². The van der Waals surface area contributed by atoms with Crippen molar-refractivity contribution in [2.75, 3.05) is 16.6 Å². The molecule has 0 aliphatic rings. The number of halogens is 2. The van der Waals surface area contributed by atoms with E-state index < -0.39 is 27.3 Å². The van der Waals surface area contributed by atoms with Crippen molar-refractivity contribution in [3.63, 3.8) is 0 Å². The molecule has 8 heteroatoms. The van der Waals surface area contributed by atoms with Crippen molar-refractivity contribution < 1.29 is 17.2 Å². The van der Waals surface area contributed by atoms with Crippen LogP contribution in [0.25, 0.3) is 0 Å². The van der Waals surface area contributed by atoms with Crippen LogP contribution in [0, 0.1) is 11.6 Å². The minimum atomic E-state index is -4.17. The number of anilines is 2. The number of nitrogens with one attached hydrogen (secondary N) is 2. The molecule has 0 atom stereocenters. The standard InChI is InChI=1S/C13H13F2N3O2S/c1-2-16-13-11(7-4-8-17-13)21(19,20)18-12-9(14)5-3-6-10(12)15/h3-8,18H,2H2,1H3,(H,16,17). The number of nitrogens with zero attached hydrogens (tertiary/aromatic N) is 1. The summed E-state index contributed by atoms with van der Waals surface area (Å²) in [5, 5.41) is 2.78. The molecule has 1 aromatic carbocycles. The summed E-state index contributed by atoms with van der Waals surface area (Å²) in [5.41, 5.74) is -0.719. The molecule has 0 saturated carbocycles. The average molecular weight is 313 g/mol. The fraction of sp³-hybridized carbons (Fsp3) is 0.154. The molecule has 0 fully saturated rings. The van der Waals surface area contributed by atoms with Crippen molar-refractivity contribution in [3.8, 4) is 0 Å². The fourth-order valence-electron chi connectivity index (χ4n) is 1.69. The van der Waals surface area contributed by atoms with Gasteiger partial charge in [-0.15, -0.1) is 0 Å². The van der Waals surface area contributed by atoms with E-state index in [-0.39, 0.29) is 10.7 Å². The van der Waals surface area contributed by atoms with E-state index in [0.717, 1.165) is 18.2 Å². The largest absolute Gasteiger partial charge is 0.369 e. The van der Waals surface area contributed by atoms with Gasteiger partial charge in [-0.2, -0.15) is 0 Å². The number of pyridine rings is 1. The summed E-state index contributed by atoms with van der Waals surface area (Å²) in [6.45, 7) is 2.22. The summed E-state index contributed by atoms with van der Waals surface area (Å²) in [6, 6.07) is 5.81. The summed E-state index contributed by atoms with van der Waals surface area (Å²) in [6.07, 6.45) is 1.42. The molecular formula is C13H13F2N3O2S. The van der Waals surface area contributed by atoms with Gasteiger partial charge in [0.1, 0.15) is 28.0 Å². The first-order chi connectivity index (χ1) is 9.95. The molecule has 0 saturated heterocycles. The third-order valence-electron chi connectivity index (χ3n) is 2.60. The van der Waals surface area contributed by atoms with E-state index in [9.17, 15) is 17.2 Å². The lowest BCUT2D eigenvalue weighted by molar-refractivity contribution is 0.583. The molecule has 2 N–H and O–H groups in total. The number of sulfonamides is 1. The fourth-order valence-corrected chi connectivity index (χ4v) is 2.90. The van der Waals surface area contributed by atoms with Crippen LogP contribution in [0.1, 0.15) is 6.92 Å². The molecule has 0 radical (unpaired) electrons. The van der Waals surface area contributed by atoms with E-state index in [0.29, 0.717) is 6.54 Å². The molecule has 112 valence electrons. The van der Waals surface area contributed by atoms with Crippen molar-refractivity contribution in [3.05, 3.63) is 48.2 Å². The molecule has 5 nitrogen and oxygen atoms in total. The molecule has 0 amide bonds. The Labute approximate surface area is 121 Å². The Balaban J connectivity index is 2.44. The highest BCUT2D eigenvalue weighted by molar-refractivity contribution is 7.92. The number of benzene rings is 1. The Kier molecular flexibility index (Phi) is 4.37. The molecule has 2 aromatic rings. The predicted molar refractivity (Wildman–Crippen MR) is 75.6 cm³/mol.